The number of unbranched alkanes of at least 4 members (excludes halogenated alkanes) is 42. The molecule has 17 nitrogen and oxygen atoms in total. The molecule has 0 amide bonds. The predicted molar refractivity (Wildman–Crippen MR) is 395 cm³/mol. The van der Waals surface area contributed by atoms with Gasteiger partial charge in [0, 0.05) is 25.7 Å². The van der Waals surface area contributed by atoms with E-state index in [1.165, 1.54) is 180 Å². The van der Waals surface area contributed by atoms with Gasteiger partial charge in [-0.25, -0.2) is 9.13 Å². The third kappa shape index (κ3) is 71.7. The quantitative estimate of drug-likeness (QED) is 0.0169. The smallest absolute Gasteiger partial charge is 0.462 e. The van der Waals surface area contributed by atoms with E-state index in [-0.39, 0.29) is 25.7 Å². The summed E-state index contributed by atoms with van der Waals surface area (Å²) in [4.78, 5) is 72.6. The molecule has 572 valence electrons. The summed E-state index contributed by atoms with van der Waals surface area (Å²) in [5.74, 6) is -0.542. The fourth-order valence-corrected chi connectivity index (χ4v) is 13.0. The summed E-state index contributed by atoms with van der Waals surface area (Å²) in [6, 6.07) is 0. The maximum absolute atomic E-state index is 13.1. The van der Waals surface area contributed by atoms with Crippen molar-refractivity contribution in [2.45, 2.75) is 400 Å². The van der Waals surface area contributed by atoms with Crippen LogP contribution in [0.4, 0.5) is 0 Å². The Kier molecular flexibility index (Phi) is 67.5. The maximum Gasteiger partial charge on any atom is 0.472 e. The van der Waals surface area contributed by atoms with E-state index in [2.05, 4.69) is 65.8 Å². The number of hydrogen-bond acceptors (Lipinski definition) is 15. The number of hydrogen-bond donors (Lipinski definition) is 3. The predicted octanol–water partition coefficient (Wildman–Crippen LogP) is 22.7. The SMILES string of the molecule is CCCCCC/C=C\C=C/CCCCCCCC(=O)O[C@H](COC(=O)CCCCCCC)COP(=O)(O)OC[C@H](O)COP(=O)(O)OC[C@@H](COC(=O)CCCCCCCCCCCCCCCCCC(C)C)OC(=O)CCCCCCCCCCCCCCCCCCC(C)C. The van der Waals surface area contributed by atoms with Crippen molar-refractivity contribution in [2.75, 3.05) is 39.6 Å². The summed E-state index contributed by atoms with van der Waals surface area (Å²) in [5.41, 5.74) is 0. The van der Waals surface area contributed by atoms with Crippen molar-refractivity contribution in [1.82, 2.24) is 0 Å². The summed E-state index contributed by atoms with van der Waals surface area (Å²) < 4.78 is 68.3. The minimum Gasteiger partial charge on any atom is -0.462 e. The molecule has 0 fully saturated rings. The van der Waals surface area contributed by atoms with Crippen LogP contribution >= 0.6 is 15.6 Å². The molecule has 5 atom stereocenters. The van der Waals surface area contributed by atoms with Crippen LogP contribution in [0.15, 0.2) is 24.3 Å². The van der Waals surface area contributed by atoms with Gasteiger partial charge in [0.25, 0.3) is 0 Å². The van der Waals surface area contributed by atoms with Crippen LogP contribution in [0.25, 0.3) is 0 Å². The summed E-state index contributed by atoms with van der Waals surface area (Å²) >= 11 is 0. The molecule has 97 heavy (non-hydrogen) atoms. The Morgan fingerprint density at radius 1 is 0.320 bits per heavy atom. The van der Waals surface area contributed by atoms with Crippen molar-refractivity contribution in [2.24, 2.45) is 11.8 Å². The molecule has 2 unspecified atom stereocenters. The number of phosphoric acid groups is 2. The van der Waals surface area contributed by atoms with Crippen molar-refractivity contribution < 1.29 is 80.2 Å². The molecule has 0 bridgehead atoms. The zero-order valence-corrected chi connectivity index (χ0v) is 64.7. The Morgan fingerprint density at radius 2 is 0.557 bits per heavy atom. The molecule has 3 N–H and O–H groups in total. The fourth-order valence-electron chi connectivity index (χ4n) is 11.5. The minimum atomic E-state index is -4.96. The number of ether oxygens (including phenoxy) is 4. The van der Waals surface area contributed by atoms with Gasteiger partial charge in [-0.1, -0.05) is 329 Å². The Hall–Kier alpha value is -2.46. The highest BCUT2D eigenvalue weighted by Gasteiger charge is 2.30. The van der Waals surface area contributed by atoms with Crippen molar-refractivity contribution in [1.29, 1.82) is 0 Å². The van der Waals surface area contributed by atoms with Crippen LogP contribution < -0.4 is 0 Å². The number of aliphatic hydroxyl groups excluding tert-OH is 1. The second kappa shape index (κ2) is 69.3. The lowest BCUT2D eigenvalue weighted by Gasteiger charge is -2.21. The fraction of sp³-hybridized carbons (Fsp3) is 0.897. The van der Waals surface area contributed by atoms with Crippen LogP contribution in [-0.2, 0) is 65.4 Å². The first-order chi connectivity index (χ1) is 46.9. The topological polar surface area (TPSA) is 237 Å². The van der Waals surface area contributed by atoms with Gasteiger partial charge in [-0.15, -0.1) is 0 Å². The van der Waals surface area contributed by atoms with E-state index >= 15 is 0 Å². The number of esters is 4. The molecular formula is C78H148O17P2. The Balaban J connectivity index is 5.17. The van der Waals surface area contributed by atoms with E-state index in [4.69, 9.17) is 37.0 Å². The van der Waals surface area contributed by atoms with E-state index in [1.54, 1.807) is 0 Å². The van der Waals surface area contributed by atoms with Crippen LogP contribution in [0.3, 0.4) is 0 Å². The number of rotatable bonds is 75. The van der Waals surface area contributed by atoms with Crippen molar-refractivity contribution >= 4 is 39.5 Å². The molecule has 0 heterocycles. The van der Waals surface area contributed by atoms with Crippen LogP contribution in [0, 0.1) is 11.8 Å². The molecule has 0 aromatic rings. The normalized spacial score (nSPS) is 14.1. The van der Waals surface area contributed by atoms with E-state index in [9.17, 15) is 43.2 Å². The molecule has 0 spiro atoms. The average Bonchev–Trinajstić information content (AvgIpc) is 2.51. The Labute approximate surface area is 592 Å². The van der Waals surface area contributed by atoms with Gasteiger partial charge in [-0.3, -0.25) is 37.3 Å². The van der Waals surface area contributed by atoms with Gasteiger partial charge < -0.3 is 33.8 Å². The first-order valence-corrected chi connectivity index (χ1v) is 42.8. The highest BCUT2D eigenvalue weighted by molar-refractivity contribution is 7.47. The molecule has 0 radical (unpaired) electrons. The van der Waals surface area contributed by atoms with E-state index in [0.717, 1.165) is 121 Å². The summed E-state index contributed by atoms with van der Waals surface area (Å²) in [5, 5.41) is 10.6. The maximum atomic E-state index is 13.1. The lowest BCUT2D eigenvalue weighted by molar-refractivity contribution is -0.161. The Morgan fingerprint density at radius 3 is 0.845 bits per heavy atom. The van der Waals surface area contributed by atoms with Gasteiger partial charge in [0.2, 0.25) is 0 Å². The summed E-state index contributed by atoms with van der Waals surface area (Å²) in [6.45, 7) is 9.51. The van der Waals surface area contributed by atoms with Crippen molar-refractivity contribution in [3.05, 3.63) is 24.3 Å². The zero-order valence-electron chi connectivity index (χ0n) is 62.9. The van der Waals surface area contributed by atoms with Gasteiger partial charge in [0.1, 0.15) is 19.3 Å². The van der Waals surface area contributed by atoms with Crippen LogP contribution in [0.2, 0.25) is 0 Å². The van der Waals surface area contributed by atoms with E-state index in [1.807, 2.05) is 0 Å². The molecule has 19 heteroatoms. The third-order valence-electron chi connectivity index (χ3n) is 17.6. The lowest BCUT2D eigenvalue weighted by atomic mass is 10.0. The van der Waals surface area contributed by atoms with Crippen LogP contribution in [-0.4, -0.2) is 96.7 Å². The summed E-state index contributed by atoms with van der Waals surface area (Å²) in [6.07, 6.45) is 60.9. The molecule has 0 saturated heterocycles. The van der Waals surface area contributed by atoms with Crippen molar-refractivity contribution in [3.63, 3.8) is 0 Å². The van der Waals surface area contributed by atoms with Gasteiger partial charge in [0.15, 0.2) is 12.2 Å². The minimum absolute atomic E-state index is 0.0842. The number of allylic oxidation sites excluding steroid dienone is 4. The number of phosphoric ester groups is 2. The lowest BCUT2D eigenvalue weighted by Crippen LogP contribution is -2.30. The molecule has 0 aromatic carbocycles. The van der Waals surface area contributed by atoms with Gasteiger partial charge in [0.05, 0.1) is 26.4 Å². The molecule has 0 aliphatic rings. The number of carbonyl (C=O) groups excluding carboxylic acids is 4. The molecule has 0 rings (SSSR count). The number of aliphatic hydroxyl groups is 1. The average molecular weight is 1420 g/mol. The van der Waals surface area contributed by atoms with Crippen LogP contribution in [0.5, 0.6) is 0 Å². The molecule has 0 saturated carbocycles. The third-order valence-corrected chi connectivity index (χ3v) is 19.5. The monoisotopic (exact) mass is 1420 g/mol. The molecule has 0 aliphatic heterocycles. The molecule has 0 aliphatic carbocycles. The standard InChI is InChI=1S/C78H148O17P2/c1-7-9-11-13-14-15-16-17-21-29-34-39-44-50-56-62-77(82)94-73(66-88-75(80)60-54-46-12-10-8-2)68-92-96(84,85)90-64-72(79)65-91-97(86,87)93-69-74(67-89-76(81)61-55-49-43-38-33-28-25-20-23-27-32-37-42-48-53-59-71(5)6)95-78(83)63-57-51-45-40-35-30-24-19-18-22-26-31-36-41-47-52-58-70(3)4/h15-17,21,70-74,79H,7-14,18-20,22-69H2,1-6H3,(H,84,85)(H,86,87)/b16-15-,21-17-/t72-,73+,74+/m0/s1. The van der Waals surface area contributed by atoms with Gasteiger partial charge in [-0.2, -0.15) is 0 Å². The molecule has 0 aromatic heterocycles. The zero-order chi connectivity index (χ0) is 71.4. The molecular weight excluding hydrogens is 1270 g/mol. The first-order valence-electron chi connectivity index (χ1n) is 39.8. The summed E-state index contributed by atoms with van der Waals surface area (Å²) in [7, 11) is -9.92. The Bertz CT molecular complexity index is 1970. The first kappa shape index (κ1) is 94.5. The largest absolute Gasteiger partial charge is 0.472 e. The highest BCUT2D eigenvalue weighted by Crippen LogP contribution is 2.45. The van der Waals surface area contributed by atoms with E-state index in [0.29, 0.717) is 25.7 Å². The van der Waals surface area contributed by atoms with E-state index < -0.39 is 97.5 Å². The van der Waals surface area contributed by atoms with Crippen LogP contribution in [0.1, 0.15) is 382 Å². The second-order valence-electron chi connectivity index (χ2n) is 28.4. The second-order valence-corrected chi connectivity index (χ2v) is 31.3. The highest BCUT2D eigenvalue weighted by atomic mass is 31.2. The van der Waals surface area contributed by atoms with Crippen molar-refractivity contribution in [3.8, 4) is 0 Å². The van der Waals surface area contributed by atoms with Gasteiger partial charge in [-0.05, 0) is 63.2 Å². The van der Waals surface area contributed by atoms with Gasteiger partial charge >= 0.3 is 39.5 Å². The number of carbonyl (C=O) groups is 4.